The van der Waals surface area contributed by atoms with Gasteiger partial charge >= 0.3 is 0 Å². The third-order valence-corrected chi connectivity index (χ3v) is 5.42. The van der Waals surface area contributed by atoms with Crippen LogP contribution in [0.4, 0.5) is 0 Å². The van der Waals surface area contributed by atoms with Crippen molar-refractivity contribution in [1.29, 1.82) is 0 Å². The number of nitrogens with one attached hydrogen (secondary N) is 2. The number of hydrogen-bond acceptors (Lipinski definition) is 4. The fourth-order valence-corrected chi connectivity index (χ4v) is 3.74. The van der Waals surface area contributed by atoms with Gasteiger partial charge < -0.3 is 9.88 Å². The van der Waals surface area contributed by atoms with Crippen LogP contribution in [-0.2, 0) is 19.5 Å². The fourth-order valence-electron chi connectivity index (χ4n) is 2.95. The molecule has 0 radical (unpaired) electrons. The van der Waals surface area contributed by atoms with E-state index in [2.05, 4.69) is 20.6 Å². The minimum Gasteiger partial charge on any atom is -0.351 e. The molecule has 0 saturated heterocycles. The van der Waals surface area contributed by atoms with Crippen molar-refractivity contribution in [2.75, 3.05) is 6.54 Å². The summed E-state index contributed by atoms with van der Waals surface area (Å²) in [6, 6.07) is 7.46. The Hall–Kier alpha value is -2.16. The Morgan fingerprint density at radius 2 is 2.07 bits per heavy atom. The number of H-pyrrole nitrogens is 1. The number of carbonyl (C=O) groups excluding carboxylic acids is 1. The summed E-state index contributed by atoms with van der Waals surface area (Å²) in [4.78, 5) is 12.6. The number of aromatic amines is 1. The monoisotopic (exact) mass is 438 g/mol. The largest absolute Gasteiger partial charge is 0.351 e. The summed E-state index contributed by atoms with van der Waals surface area (Å²) in [5.41, 5.74) is 1.80. The van der Waals surface area contributed by atoms with E-state index in [1.807, 2.05) is 29.7 Å². The third-order valence-electron chi connectivity index (χ3n) is 4.36. The first-order valence-electron chi connectivity index (χ1n) is 8.81. The molecule has 0 unspecified atom stereocenters. The quantitative estimate of drug-likeness (QED) is 0.549. The number of hydrogen-bond donors (Lipinski definition) is 2. The van der Waals surface area contributed by atoms with Gasteiger partial charge in [0, 0.05) is 24.5 Å². The number of benzene rings is 1. The lowest BCUT2D eigenvalue weighted by Gasteiger charge is -2.07. The first-order chi connectivity index (χ1) is 13.4. The van der Waals surface area contributed by atoms with Gasteiger partial charge in [0.25, 0.3) is 5.91 Å². The lowest BCUT2D eigenvalue weighted by atomic mass is 10.2. The molecule has 148 valence electrons. The zero-order valence-corrected chi connectivity index (χ0v) is 17.8. The van der Waals surface area contributed by atoms with E-state index in [9.17, 15) is 4.79 Å². The average Bonchev–Trinajstić information content (AvgIpc) is 3.15. The van der Waals surface area contributed by atoms with Crippen LogP contribution in [0.3, 0.4) is 0 Å². The zero-order chi connectivity index (χ0) is 20.3. The van der Waals surface area contributed by atoms with Crippen molar-refractivity contribution in [3.05, 3.63) is 61.9 Å². The molecule has 7 nitrogen and oxygen atoms in total. The van der Waals surface area contributed by atoms with Gasteiger partial charge in [-0.2, -0.15) is 10.2 Å². The van der Waals surface area contributed by atoms with Gasteiger partial charge in [-0.05, 0) is 37.7 Å². The Kier molecular flexibility index (Phi) is 6.53. The van der Waals surface area contributed by atoms with Gasteiger partial charge in [-0.15, -0.1) is 0 Å². The maximum absolute atomic E-state index is 12.6. The van der Waals surface area contributed by atoms with Crippen molar-refractivity contribution in [3.8, 4) is 0 Å². The smallest absolute Gasteiger partial charge is 0.256 e. The standard InChI is InChI=1S/C18H20Cl2N6OS/c1-3-25-14(22-23-18(25)28)8-9-21-17(27)15-11(2)24-26(16(15)20)10-12-6-4-5-7-13(12)19/h4-7H,3,8-10H2,1-2H3,(H,21,27)(H,23,28). The first kappa shape index (κ1) is 20.6. The normalized spacial score (nSPS) is 11.0. The van der Waals surface area contributed by atoms with E-state index in [1.54, 1.807) is 17.7 Å². The molecule has 0 aliphatic rings. The molecule has 0 bridgehead atoms. The Balaban J connectivity index is 1.69. The second kappa shape index (κ2) is 8.89. The van der Waals surface area contributed by atoms with E-state index in [4.69, 9.17) is 35.4 Å². The Morgan fingerprint density at radius 3 is 2.79 bits per heavy atom. The van der Waals surface area contributed by atoms with Gasteiger partial charge in [0.2, 0.25) is 0 Å². The second-order valence-electron chi connectivity index (χ2n) is 6.20. The predicted octanol–water partition coefficient (Wildman–Crippen LogP) is 3.79. The molecule has 0 aliphatic heterocycles. The fraction of sp³-hybridized carbons (Fsp3) is 0.333. The summed E-state index contributed by atoms with van der Waals surface area (Å²) in [5.74, 6) is 0.523. The number of halogens is 2. The first-order valence-corrected chi connectivity index (χ1v) is 9.97. The van der Waals surface area contributed by atoms with E-state index in [0.29, 0.717) is 40.6 Å². The summed E-state index contributed by atoms with van der Waals surface area (Å²) in [6.45, 7) is 5.26. The molecule has 2 heterocycles. The topological polar surface area (TPSA) is 80.5 Å². The number of aryl methyl sites for hydroxylation is 1. The van der Waals surface area contributed by atoms with Crippen molar-refractivity contribution < 1.29 is 4.79 Å². The van der Waals surface area contributed by atoms with Crippen LogP contribution < -0.4 is 5.32 Å². The molecule has 2 aromatic heterocycles. The molecule has 1 aromatic carbocycles. The maximum Gasteiger partial charge on any atom is 0.256 e. The van der Waals surface area contributed by atoms with Gasteiger partial charge in [-0.1, -0.05) is 41.4 Å². The summed E-state index contributed by atoms with van der Waals surface area (Å²) < 4.78 is 4.04. The molecule has 0 fully saturated rings. The Labute approximate surface area is 177 Å². The molecule has 0 atom stereocenters. The van der Waals surface area contributed by atoms with Gasteiger partial charge in [-0.25, -0.2) is 4.68 Å². The van der Waals surface area contributed by atoms with Gasteiger partial charge in [0.05, 0.1) is 17.8 Å². The van der Waals surface area contributed by atoms with Crippen molar-refractivity contribution in [2.45, 2.75) is 33.4 Å². The van der Waals surface area contributed by atoms with Crippen molar-refractivity contribution in [2.24, 2.45) is 0 Å². The molecule has 3 rings (SSSR count). The molecular weight excluding hydrogens is 419 g/mol. The summed E-state index contributed by atoms with van der Waals surface area (Å²) in [6.07, 6.45) is 0.553. The average molecular weight is 439 g/mol. The molecule has 0 saturated carbocycles. The highest BCUT2D eigenvalue weighted by Crippen LogP contribution is 2.23. The Bertz CT molecular complexity index is 1050. The lowest BCUT2D eigenvalue weighted by molar-refractivity contribution is 0.0953. The summed E-state index contributed by atoms with van der Waals surface area (Å²) >= 11 is 17.8. The molecule has 0 spiro atoms. The number of aromatic nitrogens is 5. The van der Waals surface area contributed by atoms with Gasteiger partial charge in [0.1, 0.15) is 11.0 Å². The molecule has 10 heteroatoms. The number of amides is 1. The van der Waals surface area contributed by atoms with E-state index < -0.39 is 0 Å². The molecule has 1 amide bonds. The van der Waals surface area contributed by atoms with E-state index in [-0.39, 0.29) is 11.1 Å². The lowest BCUT2D eigenvalue weighted by Crippen LogP contribution is -2.27. The van der Waals surface area contributed by atoms with Crippen molar-refractivity contribution >= 4 is 41.3 Å². The maximum atomic E-state index is 12.6. The van der Waals surface area contributed by atoms with Crippen LogP contribution in [0.25, 0.3) is 0 Å². The van der Waals surface area contributed by atoms with E-state index in [1.165, 1.54) is 0 Å². The van der Waals surface area contributed by atoms with Crippen molar-refractivity contribution in [1.82, 2.24) is 29.9 Å². The van der Waals surface area contributed by atoms with Crippen LogP contribution in [0.15, 0.2) is 24.3 Å². The molecule has 28 heavy (non-hydrogen) atoms. The van der Waals surface area contributed by atoms with Crippen LogP contribution in [-0.4, -0.2) is 37.0 Å². The Morgan fingerprint density at radius 1 is 1.32 bits per heavy atom. The highest BCUT2D eigenvalue weighted by Gasteiger charge is 2.20. The van der Waals surface area contributed by atoms with E-state index in [0.717, 1.165) is 17.9 Å². The van der Waals surface area contributed by atoms with Crippen LogP contribution in [0.5, 0.6) is 0 Å². The molecule has 2 N–H and O–H groups in total. The summed E-state index contributed by atoms with van der Waals surface area (Å²) in [5, 5.41) is 15.1. The second-order valence-corrected chi connectivity index (χ2v) is 7.35. The molecular formula is C18H20Cl2N6OS. The predicted molar refractivity (Wildman–Crippen MR) is 112 cm³/mol. The van der Waals surface area contributed by atoms with Crippen LogP contribution in [0.2, 0.25) is 10.2 Å². The third kappa shape index (κ3) is 4.29. The van der Waals surface area contributed by atoms with Crippen molar-refractivity contribution in [3.63, 3.8) is 0 Å². The minimum absolute atomic E-state index is 0.273. The highest BCUT2D eigenvalue weighted by atomic mass is 35.5. The van der Waals surface area contributed by atoms with Crippen LogP contribution >= 0.6 is 35.4 Å². The van der Waals surface area contributed by atoms with E-state index >= 15 is 0 Å². The zero-order valence-electron chi connectivity index (χ0n) is 15.5. The highest BCUT2D eigenvalue weighted by molar-refractivity contribution is 7.71. The van der Waals surface area contributed by atoms with Crippen LogP contribution in [0, 0.1) is 11.7 Å². The summed E-state index contributed by atoms with van der Waals surface area (Å²) in [7, 11) is 0. The van der Waals surface area contributed by atoms with Gasteiger partial charge in [-0.3, -0.25) is 9.89 Å². The molecule has 3 aromatic rings. The molecule has 0 aliphatic carbocycles. The SMILES string of the molecule is CCn1c(CCNC(=O)c2c(C)nn(Cc3ccccc3Cl)c2Cl)n[nH]c1=S. The number of nitrogens with zero attached hydrogens (tertiary/aromatic N) is 4. The van der Waals surface area contributed by atoms with Gasteiger partial charge in [0.15, 0.2) is 4.77 Å². The number of rotatable bonds is 7. The minimum atomic E-state index is -0.273. The van der Waals surface area contributed by atoms with Crippen LogP contribution in [0.1, 0.15) is 34.4 Å². The number of carbonyl (C=O) groups is 1.